The van der Waals surface area contributed by atoms with Gasteiger partial charge in [0.1, 0.15) is 29.8 Å². The van der Waals surface area contributed by atoms with E-state index in [2.05, 4.69) is 21.3 Å². The monoisotopic (exact) mass is 584 g/mol. The number of nitrogens with one attached hydrogen (secondary N) is 1. The van der Waals surface area contributed by atoms with Crippen LogP contribution in [0.2, 0.25) is 5.02 Å². The van der Waals surface area contributed by atoms with Crippen molar-refractivity contribution < 1.29 is 18.7 Å². The number of ether oxygens (including phenoxy) is 1. The topological polar surface area (TPSA) is 103 Å². The molecule has 3 heterocycles. The van der Waals surface area contributed by atoms with E-state index in [0.717, 1.165) is 22.3 Å². The predicted octanol–water partition coefficient (Wildman–Crippen LogP) is 5.29. The smallest absolute Gasteiger partial charge is 0.329 e. The van der Waals surface area contributed by atoms with Crippen molar-refractivity contribution in [3.05, 3.63) is 99.5 Å². The van der Waals surface area contributed by atoms with Gasteiger partial charge >= 0.3 is 6.03 Å². The average molecular weight is 585 g/mol. The normalized spacial score (nSPS) is 15.0. The van der Waals surface area contributed by atoms with Crippen LogP contribution < -0.4 is 15.0 Å². The van der Waals surface area contributed by atoms with Gasteiger partial charge in [0.15, 0.2) is 0 Å². The Bertz CT molecular complexity index is 1730. The number of hydrogen-bond donors (Lipinski definition) is 1. The fourth-order valence-electron chi connectivity index (χ4n) is 5.40. The molecule has 3 amide bonds. The molecule has 0 aliphatic carbocycles. The number of amides is 3. The summed E-state index contributed by atoms with van der Waals surface area (Å²) in [5, 5.41) is 12.6. The molecule has 6 rings (SSSR count). The molecule has 42 heavy (non-hydrogen) atoms. The standard InChI is InChI=1S/C31H26ClFN6O3/c1-37-29(39-10-9-28(40)36-31(39)41)14-35-30(37)20-11-21(13-34)24-17-38(16-22(24)12-20)15-19-5-7-23(8-6-19)42-18-25-26(32)3-2-4-27(25)33/h2-8,11-12,14H,9-10,15-18H2,1H3,(H,36,40,41). The third-order valence-electron chi connectivity index (χ3n) is 7.57. The molecule has 0 spiro atoms. The highest BCUT2D eigenvalue weighted by atomic mass is 35.5. The van der Waals surface area contributed by atoms with Crippen molar-refractivity contribution in [2.75, 3.05) is 11.4 Å². The Morgan fingerprint density at radius 3 is 2.69 bits per heavy atom. The molecule has 11 heteroatoms. The molecule has 1 saturated heterocycles. The van der Waals surface area contributed by atoms with Gasteiger partial charge in [-0.2, -0.15) is 5.26 Å². The van der Waals surface area contributed by atoms with Crippen molar-refractivity contribution in [3.63, 3.8) is 0 Å². The molecule has 0 atom stereocenters. The van der Waals surface area contributed by atoms with Crippen LogP contribution in [0.1, 0.15) is 34.2 Å². The Hall–Kier alpha value is -4.72. The van der Waals surface area contributed by atoms with Gasteiger partial charge in [-0.15, -0.1) is 0 Å². The zero-order valence-corrected chi connectivity index (χ0v) is 23.5. The second-order valence-corrected chi connectivity index (χ2v) is 10.7. The third kappa shape index (κ3) is 5.32. The minimum atomic E-state index is -0.475. The van der Waals surface area contributed by atoms with Gasteiger partial charge in [-0.05, 0) is 53.1 Å². The minimum Gasteiger partial charge on any atom is -0.489 e. The van der Waals surface area contributed by atoms with Crippen molar-refractivity contribution in [2.24, 2.45) is 7.05 Å². The van der Waals surface area contributed by atoms with Crippen molar-refractivity contribution >= 4 is 29.4 Å². The number of urea groups is 1. The summed E-state index contributed by atoms with van der Waals surface area (Å²) in [4.78, 5) is 32.2. The lowest BCUT2D eigenvalue weighted by atomic mass is 10.00. The third-order valence-corrected chi connectivity index (χ3v) is 7.92. The maximum atomic E-state index is 14.0. The molecule has 9 nitrogen and oxygen atoms in total. The van der Waals surface area contributed by atoms with E-state index in [4.69, 9.17) is 16.3 Å². The first kappa shape index (κ1) is 27.4. The van der Waals surface area contributed by atoms with Gasteiger partial charge in [0.25, 0.3) is 0 Å². The van der Waals surface area contributed by atoms with Crippen molar-refractivity contribution in [1.82, 2.24) is 19.8 Å². The zero-order valence-electron chi connectivity index (χ0n) is 22.7. The van der Waals surface area contributed by atoms with E-state index in [-0.39, 0.29) is 25.5 Å². The lowest BCUT2D eigenvalue weighted by Crippen LogP contribution is -2.50. The highest BCUT2D eigenvalue weighted by molar-refractivity contribution is 6.31. The summed E-state index contributed by atoms with van der Waals surface area (Å²) in [5.74, 6) is 1.11. The number of anilines is 1. The van der Waals surface area contributed by atoms with Crippen LogP contribution in [0.3, 0.4) is 0 Å². The van der Waals surface area contributed by atoms with E-state index in [1.807, 2.05) is 43.4 Å². The first-order chi connectivity index (χ1) is 20.3. The Morgan fingerprint density at radius 1 is 1.14 bits per heavy atom. The summed E-state index contributed by atoms with van der Waals surface area (Å²) in [5.41, 5.74) is 4.81. The number of imidazole rings is 1. The summed E-state index contributed by atoms with van der Waals surface area (Å²) >= 11 is 6.09. The lowest BCUT2D eigenvalue weighted by Gasteiger charge is -2.26. The minimum absolute atomic E-state index is 0.0357. The number of rotatable bonds is 7. The van der Waals surface area contributed by atoms with Crippen LogP contribution in [0, 0.1) is 17.1 Å². The van der Waals surface area contributed by atoms with Gasteiger partial charge in [0.05, 0.1) is 22.9 Å². The fourth-order valence-corrected chi connectivity index (χ4v) is 5.62. The first-order valence-electron chi connectivity index (χ1n) is 13.4. The molecule has 0 radical (unpaired) electrons. The Labute approximate surface area is 246 Å². The van der Waals surface area contributed by atoms with Crippen molar-refractivity contribution in [1.29, 1.82) is 5.26 Å². The van der Waals surface area contributed by atoms with Crippen LogP contribution in [-0.2, 0) is 38.1 Å². The van der Waals surface area contributed by atoms with Crippen LogP contribution in [0.25, 0.3) is 11.4 Å². The van der Waals surface area contributed by atoms with E-state index in [1.54, 1.807) is 22.9 Å². The van der Waals surface area contributed by atoms with E-state index in [1.165, 1.54) is 11.0 Å². The Balaban J connectivity index is 1.15. The molecule has 0 unspecified atom stereocenters. The van der Waals surface area contributed by atoms with Gasteiger partial charge in [-0.25, -0.2) is 14.2 Å². The summed E-state index contributed by atoms with van der Waals surface area (Å²) in [6.45, 7) is 2.28. The number of hydrogen-bond acceptors (Lipinski definition) is 6. The molecular formula is C31H26ClFN6O3. The number of carbonyl (C=O) groups excluding carboxylic acids is 2. The van der Waals surface area contributed by atoms with E-state index in [9.17, 15) is 19.2 Å². The molecule has 0 saturated carbocycles. The summed E-state index contributed by atoms with van der Waals surface area (Å²) in [6.07, 6.45) is 1.83. The van der Waals surface area contributed by atoms with Gasteiger partial charge in [-0.1, -0.05) is 29.8 Å². The van der Waals surface area contributed by atoms with Gasteiger partial charge in [0, 0.05) is 50.8 Å². The highest BCUT2D eigenvalue weighted by Gasteiger charge is 2.28. The quantitative estimate of drug-likeness (QED) is 0.316. The van der Waals surface area contributed by atoms with Crippen molar-refractivity contribution in [2.45, 2.75) is 32.7 Å². The number of carbonyl (C=O) groups is 2. The molecule has 1 fully saturated rings. The van der Waals surface area contributed by atoms with Crippen LogP contribution in [0.15, 0.2) is 60.8 Å². The highest BCUT2D eigenvalue weighted by Crippen LogP contribution is 2.33. The van der Waals surface area contributed by atoms with Gasteiger partial charge in [0.2, 0.25) is 5.91 Å². The van der Waals surface area contributed by atoms with Crippen molar-refractivity contribution in [3.8, 4) is 23.2 Å². The molecule has 3 aromatic carbocycles. The number of benzene rings is 3. The molecule has 212 valence electrons. The van der Waals surface area contributed by atoms with Gasteiger partial charge < -0.3 is 9.30 Å². The maximum absolute atomic E-state index is 14.0. The second kappa shape index (κ2) is 11.3. The molecule has 0 bridgehead atoms. The molecule has 2 aliphatic rings. The lowest BCUT2D eigenvalue weighted by molar-refractivity contribution is -0.120. The zero-order chi connectivity index (χ0) is 29.4. The number of imide groups is 1. The van der Waals surface area contributed by atoms with Crippen LogP contribution >= 0.6 is 11.6 Å². The largest absolute Gasteiger partial charge is 0.489 e. The average Bonchev–Trinajstić information content (AvgIpc) is 3.56. The summed E-state index contributed by atoms with van der Waals surface area (Å²) in [7, 11) is 1.81. The number of nitriles is 1. The fraction of sp³-hybridized carbons (Fsp3) is 0.226. The number of fused-ring (bicyclic) bond motifs is 1. The number of aromatic nitrogens is 2. The molecule has 4 aromatic rings. The molecule has 1 aromatic heterocycles. The Kier molecular flexibility index (Phi) is 7.37. The van der Waals surface area contributed by atoms with Crippen LogP contribution in [-0.4, -0.2) is 32.9 Å². The maximum Gasteiger partial charge on any atom is 0.329 e. The Morgan fingerprint density at radius 2 is 1.95 bits per heavy atom. The predicted molar refractivity (Wildman–Crippen MR) is 154 cm³/mol. The second-order valence-electron chi connectivity index (χ2n) is 10.3. The SMILES string of the molecule is Cn1c(N2CCC(=O)NC2=O)cnc1-c1cc(C#N)c2c(c1)CN(Cc1ccc(OCc3c(F)cccc3Cl)cc1)C2. The molecular weight excluding hydrogens is 559 g/mol. The number of halogens is 2. The van der Waals surface area contributed by atoms with E-state index >= 15 is 0 Å². The molecule has 2 aliphatic heterocycles. The number of nitrogens with zero attached hydrogens (tertiary/aromatic N) is 5. The summed E-state index contributed by atoms with van der Waals surface area (Å²) < 4.78 is 21.6. The first-order valence-corrected chi connectivity index (χ1v) is 13.7. The summed E-state index contributed by atoms with van der Waals surface area (Å²) in [6, 6.07) is 17.9. The molecule has 1 N–H and O–H groups in total. The van der Waals surface area contributed by atoms with Crippen LogP contribution in [0.4, 0.5) is 15.0 Å². The van der Waals surface area contributed by atoms with E-state index < -0.39 is 11.8 Å². The van der Waals surface area contributed by atoms with Crippen LogP contribution in [0.5, 0.6) is 5.75 Å². The van der Waals surface area contributed by atoms with Gasteiger partial charge in [-0.3, -0.25) is 19.9 Å². The van der Waals surface area contributed by atoms with E-state index in [0.29, 0.717) is 53.2 Å².